The third-order valence-corrected chi connectivity index (χ3v) is 2.18. The molecule has 92 valence electrons. The van der Waals surface area contributed by atoms with Crippen molar-refractivity contribution in [3.63, 3.8) is 0 Å². The fraction of sp³-hybridized carbons (Fsp3) is 0.364. The molecule has 6 nitrogen and oxygen atoms in total. The number of pyridine rings is 1. The molecule has 0 bridgehead atoms. The van der Waals surface area contributed by atoms with Gasteiger partial charge in [0.25, 0.3) is 5.91 Å². The highest BCUT2D eigenvalue weighted by Gasteiger charge is 2.04. The van der Waals surface area contributed by atoms with Gasteiger partial charge in [0.15, 0.2) is 0 Å². The molecule has 0 aliphatic carbocycles. The molecule has 1 rings (SSSR count). The van der Waals surface area contributed by atoms with Crippen LogP contribution in [-0.2, 0) is 0 Å². The van der Waals surface area contributed by atoms with E-state index in [1.807, 2.05) is 6.92 Å². The van der Waals surface area contributed by atoms with E-state index in [1.54, 1.807) is 18.3 Å². The number of amides is 1. The largest absolute Gasteiger partial charge is 0.409 e. The van der Waals surface area contributed by atoms with Crippen molar-refractivity contribution in [2.24, 2.45) is 10.9 Å². The number of carbonyl (C=O) groups is 1. The number of nitrogens with zero attached hydrogens (tertiary/aromatic N) is 2. The van der Waals surface area contributed by atoms with Gasteiger partial charge in [0.1, 0.15) is 5.84 Å². The summed E-state index contributed by atoms with van der Waals surface area (Å²) >= 11 is 0. The number of nitrogens with one attached hydrogen (secondary N) is 1. The molecular formula is C11H16N4O2. The van der Waals surface area contributed by atoms with Crippen LogP contribution in [0.15, 0.2) is 23.5 Å². The molecule has 6 heteroatoms. The number of nitrogens with two attached hydrogens (primary N) is 1. The van der Waals surface area contributed by atoms with E-state index in [4.69, 9.17) is 10.9 Å². The van der Waals surface area contributed by atoms with Crippen molar-refractivity contribution < 1.29 is 10.0 Å². The lowest BCUT2D eigenvalue weighted by Gasteiger charge is -2.05. The highest BCUT2D eigenvalue weighted by Crippen LogP contribution is 2.00. The smallest absolute Gasteiger partial charge is 0.251 e. The first-order valence-corrected chi connectivity index (χ1v) is 5.30. The van der Waals surface area contributed by atoms with Crippen LogP contribution in [0.1, 0.15) is 28.9 Å². The number of amidine groups is 1. The molecule has 0 aliphatic heterocycles. The Morgan fingerprint density at radius 2 is 2.41 bits per heavy atom. The Labute approximate surface area is 99.5 Å². The van der Waals surface area contributed by atoms with E-state index in [9.17, 15) is 4.79 Å². The number of hydrogen-bond donors (Lipinski definition) is 3. The Hall–Kier alpha value is -2.11. The molecule has 4 N–H and O–H groups in total. The van der Waals surface area contributed by atoms with E-state index in [2.05, 4.69) is 15.5 Å². The van der Waals surface area contributed by atoms with Crippen LogP contribution in [-0.4, -0.2) is 28.5 Å². The van der Waals surface area contributed by atoms with Crippen molar-refractivity contribution >= 4 is 11.7 Å². The zero-order chi connectivity index (χ0) is 12.7. The summed E-state index contributed by atoms with van der Waals surface area (Å²) in [5.74, 6) is 0.0222. The summed E-state index contributed by atoms with van der Waals surface area (Å²) < 4.78 is 0. The predicted octanol–water partition coefficient (Wildman–Crippen LogP) is 0.646. The molecule has 0 radical (unpaired) electrons. The van der Waals surface area contributed by atoms with E-state index in [-0.39, 0.29) is 11.7 Å². The summed E-state index contributed by atoms with van der Waals surface area (Å²) in [5, 5.41) is 13.9. The number of oxime groups is 1. The second-order valence-electron chi connectivity index (χ2n) is 3.64. The molecule has 1 heterocycles. The van der Waals surface area contributed by atoms with Gasteiger partial charge >= 0.3 is 0 Å². The SMILES string of the molecule is Cc1cc(C(=O)NCCC/C(N)=N/O)ccn1. The summed E-state index contributed by atoms with van der Waals surface area (Å²) in [7, 11) is 0. The first-order chi connectivity index (χ1) is 8.13. The lowest BCUT2D eigenvalue weighted by molar-refractivity contribution is 0.0953. The van der Waals surface area contributed by atoms with E-state index in [0.29, 0.717) is 24.9 Å². The number of hydrogen-bond acceptors (Lipinski definition) is 4. The van der Waals surface area contributed by atoms with Crippen LogP contribution in [0.4, 0.5) is 0 Å². The Balaban J connectivity index is 2.35. The van der Waals surface area contributed by atoms with Crippen LogP contribution in [0.5, 0.6) is 0 Å². The fourth-order valence-electron chi connectivity index (χ4n) is 1.31. The minimum absolute atomic E-state index is 0.144. The van der Waals surface area contributed by atoms with Gasteiger partial charge in [-0.25, -0.2) is 0 Å². The van der Waals surface area contributed by atoms with Gasteiger partial charge in [0.2, 0.25) is 0 Å². The van der Waals surface area contributed by atoms with E-state index in [1.165, 1.54) is 0 Å². The average molecular weight is 236 g/mol. The highest BCUT2D eigenvalue weighted by molar-refractivity contribution is 5.94. The van der Waals surface area contributed by atoms with Crippen molar-refractivity contribution in [2.45, 2.75) is 19.8 Å². The summed E-state index contributed by atoms with van der Waals surface area (Å²) in [4.78, 5) is 15.7. The van der Waals surface area contributed by atoms with Gasteiger partial charge in [-0.2, -0.15) is 0 Å². The molecule has 0 saturated carbocycles. The summed E-state index contributed by atoms with van der Waals surface area (Å²) in [6, 6.07) is 3.38. The maximum Gasteiger partial charge on any atom is 0.251 e. The Morgan fingerprint density at radius 1 is 1.65 bits per heavy atom. The van der Waals surface area contributed by atoms with Gasteiger partial charge in [-0.3, -0.25) is 9.78 Å². The normalized spacial score (nSPS) is 11.2. The van der Waals surface area contributed by atoms with Gasteiger partial charge in [0, 0.05) is 30.4 Å². The lowest BCUT2D eigenvalue weighted by Crippen LogP contribution is -2.25. The molecule has 0 fully saturated rings. The topological polar surface area (TPSA) is 101 Å². The van der Waals surface area contributed by atoms with E-state index in [0.717, 1.165) is 5.69 Å². The average Bonchev–Trinajstić information content (AvgIpc) is 2.34. The van der Waals surface area contributed by atoms with Gasteiger partial charge in [-0.05, 0) is 25.5 Å². The first-order valence-electron chi connectivity index (χ1n) is 5.30. The Morgan fingerprint density at radius 3 is 3.06 bits per heavy atom. The maximum absolute atomic E-state index is 11.7. The van der Waals surface area contributed by atoms with Crippen LogP contribution < -0.4 is 11.1 Å². The summed E-state index contributed by atoms with van der Waals surface area (Å²) in [6.07, 6.45) is 2.68. The lowest BCUT2D eigenvalue weighted by atomic mass is 10.2. The molecule has 0 aromatic carbocycles. The zero-order valence-corrected chi connectivity index (χ0v) is 9.68. The molecular weight excluding hydrogens is 220 g/mol. The number of rotatable bonds is 5. The molecule has 0 atom stereocenters. The highest BCUT2D eigenvalue weighted by atomic mass is 16.4. The van der Waals surface area contributed by atoms with Gasteiger partial charge in [-0.1, -0.05) is 5.16 Å². The van der Waals surface area contributed by atoms with Crippen molar-refractivity contribution in [1.29, 1.82) is 0 Å². The molecule has 0 unspecified atom stereocenters. The number of aryl methyl sites for hydroxylation is 1. The third-order valence-electron chi connectivity index (χ3n) is 2.18. The fourth-order valence-corrected chi connectivity index (χ4v) is 1.31. The van der Waals surface area contributed by atoms with Crippen molar-refractivity contribution in [3.8, 4) is 0 Å². The standard InChI is InChI=1S/C11H16N4O2/c1-8-7-9(4-6-13-8)11(16)14-5-2-3-10(12)15-17/h4,6-7,17H,2-3,5H2,1H3,(H2,12,15)(H,14,16). The second-order valence-corrected chi connectivity index (χ2v) is 3.64. The van der Waals surface area contributed by atoms with Crippen molar-refractivity contribution in [3.05, 3.63) is 29.6 Å². The monoisotopic (exact) mass is 236 g/mol. The maximum atomic E-state index is 11.7. The van der Waals surface area contributed by atoms with Crippen LogP contribution >= 0.6 is 0 Å². The molecule has 1 aromatic rings. The van der Waals surface area contributed by atoms with Crippen LogP contribution in [0.3, 0.4) is 0 Å². The molecule has 0 aliphatic rings. The molecule has 0 saturated heterocycles. The third kappa shape index (κ3) is 4.50. The van der Waals surface area contributed by atoms with Crippen molar-refractivity contribution in [2.75, 3.05) is 6.54 Å². The number of carbonyl (C=O) groups excluding carboxylic acids is 1. The van der Waals surface area contributed by atoms with Crippen LogP contribution in [0.2, 0.25) is 0 Å². The van der Waals surface area contributed by atoms with Gasteiger partial charge in [-0.15, -0.1) is 0 Å². The Bertz CT molecular complexity index is 418. The Kier molecular flexibility index (Phi) is 4.93. The second kappa shape index (κ2) is 6.47. The quantitative estimate of drug-likeness (QED) is 0.230. The van der Waals surface area contributed by atoms with Gasteiger partial charge < -0.3 is 16.3 Å². The van der Waals surface area contributed by atoms with Crippen LogP contribution in [0.25, 0.3) is 0 Å². The molecule has 1 amide bonds. The zero-order valence-electron chi connectivity index (χ0n) is 9.68. The molecule has 1 aromatic heterocycles. The summed E-state index contributed by atoms with van der Waals surface area (Å²) in [6.45, 7) is 2.31. The molecule has 17 heavy (non-hydrogen) atoms. The molecule has 0 spiro atoms. The minimum atomic E-state index is -0.144. The van der Waals surface area contributed by atoms with E-state index < -0.39 is 0 Å². The minimum Gasteiger partial charge on any atom is -0.409 e. The first kappa shape index (κ1) is 13.0. The van der Waals surface area contributed by atoms with Gasteiger partial charge in [0.05, 0.1) is 0 Å². The summed E-state index contributed by atoms with van der Waals surface area (Å²) in [5.41, 5.74) is 6.68. The number of aromatic nitrogens is 1. The van der Waals surface area contributed by atoms with Crippen LogP contribution in [0, 0.1) is 6.92 Å². The van der Waals surface area contributed by atoms with E-state index >= 15 is 0 Å². The van der Waals surface area contributed by atoms with Crippen molar-refractivity contribution in [1.82, 2.24) is 10.3 Å². The predicted molar refractivity (Wildman–Crippen MR) is 64.0 cm³/mol.